The molecule has 1 atom stereocenters. The molecule has 0 fully saturated rings. The molecule has 0 aliphatic carbocycles. The van der Waals surface area contributed by atoms with Gasteiger partial charge >= 0.3 is 18.9 Å². The number of rotatable bonds is 0. The summed E-state index contributed by atoms with van der Waals surface area (Å²) in [6, 6.07) is 0. The summed E-state index contributed by atoms with van der Waals surface area (Å²) in [6.07, 6.45) is 0. The fraction of sp³-hybridized carbons (Fsp3) is 0. The van der Waals surface area contributed by atoms with Gasteiger partial charge in [0.25, 0.3) is 0 Å². The fourth-order valence-corrected chi connectivity index (χ4v) is 0. The normalized spacial score (nSPS) is 7.25. The first-order chi connectivity index (χ1) is 1.41. The van der Waals surface area contributed by atoms with Crippen molar-refractivity contribution in [2.24, 2.45) is 0 Å². The predicted molar refractivity (Wildman–Crippen MR) is 24.4 cm³/mol. The zero-order valence-electron chi connectivity index (χ0n) is 2.39. The maximum Gasteiger partial charge on any atom is 1.00 e. The monoisotopic (exact) mass is 104 g/mol. The first-order valence-electron chi connectivity index (χ1n) is 0.471. The molecule has 0 bridgehead atoms. The van der Waals surface area contributed by atoms with Gasteiger partial charge in [0.05, 0.1) is 0 Å². The Balaban J connectivity index is 0. The van der Waals surface area contributed by atoms with Gasteiger partial charge in [0.1, 0.15) is 0 Å². The van der Waals surface area contributed by atoms with E-state index in [2.05, 4.69) is 24.1 Å². The summed E-state index contributed by atoms with van der Waals surface area (Å²) in [7, 11) is 0. The van der Waals surface area contributed by atoms with Gasteiger partial charge in [-0.05, 0) is 0 Å². The molecule has 0 saturated carbocycles. The van der Waals surface area contributed by atoms with Crippen LogP contribution in [0.2, 0.25) is 0 Å². The van der Waals surface area contributed by atoms with Gasteiger partial charge in [0.15, 0.2) is 0 Å². The molecule has 0 aliphatic heterocycles. The van der Waals surface area contributed by atoms with E-state index >= 15 is 0 Å². The van der Waals surface area contributed by atoms with E-state index in [4.69, 9.17) is 0 Å². The molecule has 0 aromatic heterocycles. The van der Waals surface area contributed by atoms with Gasteiger partial charge in [-0.15, -0.1) is 11.8 Å². The first-order valence-corrected chi connectivity index (χ1v) is 4.24. The van der Waals surface area contributed by atoms with Crippen molar-refractivity contribution in [3.8, 4) is 0 Å². The van der Waals surface area contributed by atoms with Crippen molar-refractivity contribution in [1.82, 2.24) is 0 Å². The quantitative estimate of drug-likeness (QED) is 0.187. The third-order valence-corrected chi connectivity index (χ3v) is 0. The minimum absolute atomic E-state index is 0. The second-order valence-corrected chi connectivity index (χ2v) is 2.60. The van der Waals surface area contributed by atoms with E-state index < -0.39 is 0 Å². The van der Waals surface area contributed by atoms with E-state index in [0.717, 1.165) is 0 Å². The smallest absolute Gasteiger partial charge is 0.753 e. The third-order valence-electron chi connectivity index (χ3n) is 0. The van der Waals surface area contributed by atoms with Gasteiger partial charge in [-0.2, -0.15) is 6.56 Å². The van der Waals surface area contributed by atoms with Crippen molar-refractivity contribution in [1.29, 1.82) is 0 Å². The van der Waals surface area contributed by atoms with Crippen LogP contribution < -0.4 is 18.9 Å². The van der Waals surface area contributed by atoms with Crippen LogP contribution in [0.4, 0.5) is 0 Å². The maximum atomic E-state index is 4.29. The number of hydrogen-bond donors (Lipinski definition) is 0. The molecule has 0 saturated heterocycles. The summed E-state index contributed by atoms with van der Waals surface area (Å²) in [4.78, 5) is 0. The Bertz CT molecular complexity index is 13.5. The van der Waals surface area contributed by atoms with E-state index in [-0.39, 0.29) is 25.4 Å². The fourth-order valence-electron chi connectivity index (χ4n) is 0. The van der Waals surface area contributed by atoms with Crippen LogP contribution in [0.3, 0.4) is 0 Å². The van der Waals surface area contributed by atoms with Crippen LogP contribution in [-0.2, 0) is 24.1 Å². The molecule has 0 amide bonds. The average Bonchev–Trinajstić information content (AvgIpc) is 0.918. The van der Waals surface area contributed by atoms with Crippen LogP contribution in [-0.4, -0.2) is 0 Å². The molecule has 0 nitrogen and oxygen atoms in total. The Labute approximate surface area is 49.5 Å². The molecule has 1 unspecified atom stereocenters. The van der Waals surface area contributed by atoms with Crippen LogP contribution in [0.1, 0.15) is 0 Å². The van der Waals surface area contributed by atoms with Crippen LogP contribution in [0.25, 0.3) is 0 Å². The molecule has 20 valence electrons. The standard InChI is InChI=1S/Li.H3PS2/c;2-1-3/h;1H2,(H,2,3)/q+1;/p-1. The topological polar surface area (TPSA) is 0 Å². The minimum atomic E-state index is -0.0833. The summed E-state index contributed by atoms with van der Waals surface area (Å²) in [5, 5.41) is 0. The summed E-state index contributed by atoms with van der Waals surface area (Å²) >= 11 is 8.58. The molecular formula is H2LiPS2. The van der Waals surface area contributed by atoms with Gasteiger partial charge in [-0.25, -0.2) is 0 Å². The predicted octanol–water partition coefficient (Wildman–Crippen LogP) is -2.67. The van der Waals surface area contributed by atoms with Crippen molar-refractivity contribution < 1.29 is 18.9 Å². The molecule has 0 aromatic carbocycles. The van der Waals surface area contributed by atoms with Gasteiger partial charge in [-0.1, -0.05) is 0 Å². The zero-order chi connectivity index (χ0) is 2.71. The zero-order valence-corrected chi connectivity index (χ0v) is 5.18. The van der Waals surface area contributed by atoms with Crippen molar-refractivity contribution in [2.75, 3.05) is 0 Å². The molecule has 4 heavy (non-hydrogen) atoms. The molecule has 0 heterocycles. The molecule has 0 spiro atoms. The Morgan fingerprint density at radius 2 is 1.75 bits per heavy atom. The second-order valence-electron chi connectivity index (χ2n) is 0.0962. The summed E-state index contributed by atoms with van der Waals surface area (Å²) in [6.45, 7) is -0.0833. The van der Waals surface area contributed by atoms with Crippen LogP contribution in [0.15, 0.2) is 0 Å². The van der Waals surface area contributed by atoms with Crippen LogP contribution >= 0.6 is 6.56 Å². The molecule has 0 aromatic rings. The van der Waals surface area contributed by atoms with Crippen molar-refractivity contribution in [3.05, 3.63) is 0 Å². The minimum Gasteiger partial charge on any atom is -0.753 e. The Morgan fingerprint density at radius 1 is 1.75 bits per heavy atom. The van der Waals surface area contributed by atoms with Gasteiger partial charge in [0, 0.05) is 0 Å². The summed E-state index contributed by atoms with van der Waals surface area (Å²) < 4.78 is 0. The Hall–Kier alpha value is 1.60. The van der Waals surface area contributed by atoms with E-state index in [1.54, 1.807) is 0 Å². The van der Waals surface area contributed by atoms with E-state index in [0.29, 0.717) is 0 Å². The SMILES string of the molecule is S=[PH2][S-].[Li+]. The molecule has 0 aliphatic rings. The Morgan fingerprint density at radius 3 is 1.75 bits per heavy atom. The third kappa shape index (κ3) is 9.51. The number of hydrogen-bond acceptors (Lipinski definition) is 2. The molecule has 0 rings (SSSR count). The van der Waals surface area contributed by atoms with E-state index in [1.165, 1.54) is 0 Å². The average molecular weight is 104 g/mol. The second kappa shape index (κ2) is 8.82. The van der Waals surface area contributed by atoms with Gasteiger partial charge in [-0.3, -0.25) is 0 Å². The largest absolute Gasteiger partial charge is 1.00 e. The van der Waals surface area contributed by atoms with E-state index in [1.807, 2.05) is 0 Å². The van der Waals surface area contributed by atoms with Crippen molar-refractivity contribution >= 4 is 30.6 Å². The van der Waals surface area contributed by atoms with Crippen LogP contribution in [0.5, 0.6) is 0 Å². The molecule has 0 radical (unpaired) electrons. The summed E-state index contributed by atoms with van der Waals surface area (Å²) in [5.41, 5.74) is 0. The molecule has 0 N–H and O–H groups in total. The molecule has 4 heteroatoms. The summed E-state index contributed by atoms with van der Waals surface area (Å²) in [5.74, 6) is 0. The van der Waals surface area contributed by atoms with Gasteiger partial charge in [0.2, 0.25) is 0 Å². The van der Waals surface area contributed by atoms with Crippen LogP contribution in [0, 0.1) is 0 Å². The van der Waals surface area contributed by atoms with Crippen molar-refractivity contribution in [3.63, 3.8) is 0 Å². The maximum absolute atomic E-state index is 4.29. The van der Waals surface area contributed by atoms with Crippen molar-refractivity contribution in [2.45, 2.75) is 0 Å². The molecular weight excluding hydrogens is 102 g/mol. The van der Waals surface area contributed by atoms with Gasteiger partial charge < -0.3 is 12.2 Å². The van der Waals surface area contributed by atoms with E-state index in [9.17, 15) is 0 Å². The first kappa shape index (κ1) is 9.14. The Kier molecular flexibility index (Phi) is 20.2.